The van der Waals surface area contributed by atoms with Crippen LogP contribution in [0.2, 0.25) is 0 Å². The van der Waals surface area contributed by atoms with E-state index in [0.29, 0.717) is 75.2 Å². The number of carbonyl (C=O) groups is 2. The van der Waals surface area contributed by atoms with Crippen LogP contribution in [0.5, 0.6) is 17.2 Å². The lowest BCUT2D eigenvalue weighted by Crippen LogP contribution is -2.51. The van der Waals surface area contributed by atoms with Crippen molar-refractivity contribution in [1.29, 1.82) is 0 Å². The first-order valence-corrected chi connectivity index (χ1v) is 11.7. The molecule has 0 saturated carbocycles. The molecule has 0 unspecified atom stereocenters. The standard InChI is InChI=1S/C26H35N3O5/c1-5-28(6-2)24(30)18-27-12-14-29(15-13-27)26(31)21-16-22(32-3)25(23(17-21)33-4)34-19-20-10-8-7-9-11-20/h7-11,16-17H,5-6,12-15,18-19H2,1-4H3. The fraction of sp³-hybridized carbons (Fsp3) is 0.462. The number of piperazine rings is 1. The zero-order chi connectivity index (χ0) is 24.5. The third-order valence-electron chi connectivity index (χ3n) is 6.07. The predicted octanol–water partition coefficient (Wildman–Crippen LogP) is 2.91. The molecular formula is C26H35N3O5. The Labute approximate surface area is 202 Å². The van der Waals surface area contributed by atoms with Crippen molar-refractivity contribution in [3.63, 3.8) is 0 Å². The number of amides is 2. The summed E-state index contributed by atoms with van der Waals surface area (Å²) in [6, 6.07) is 13.2. The van der Waals surface area contributed by atoms with Crippen LogP contribution in [0, 0.1) is 0 Å². The number of hydrogen-bond acceptors (Lipinski definition) is 6. The van der Waals surface area contributed by atoms with Crippen LogP contribution in [0.3, 0.4) is 0 Å². The molecule has 1 aliphatic heterocycles. The molecule has 1 saturated heterocycles. The van der Waals surface area contributed by atoms with Crippen LogP contribution in [0.4, 0.5) is 0 Å². The molecule has 8 heteroatoms. The molecule has 0 atom stereocenters. The zero-order valence-electron chi connectivity index (χ0n) is 20.6. The van der Waals surface area contributed by atoms with Crippen molar-refractivity contribution < 1.29 is 23.8 Å². The fourth-order valence-corrected chi connectivity index (χ4v) is 4.03. The lowest BCUT2D eigenvalue weighted by molar-refractivity contribution is -0.132. The highest BCUT2D eigenvalue weighted by atomic mass is 16.5. The summed E-state index contributed by atoms with van der Waals surface area (Å²) in [5.41, 5.74) is 1.50. The SMILES string of the molecule is CCN(CC)C(=O)CN1CCN(C(=O)c2cc(OC)c(OCc3ccccc3)c(OC)c2)CC1. The van der Waals surface area contributed by atoms with Gasteiger partial charge in [0.05, 0.1) is 20.8 Å². The zero-order valence-corrected chi connectivity index (χ0v) is 20.6. The average molecular weight is 470 g/mol. The Morgan fingerprint density at radius 3 is 2.03 bits per heavy atom. The van der Waals surface area contributed by atoms with Crippen LogP contribution < -0.4 is 14.2 Å². The molecule has 0 spiro atoms. The molecule has 0 aromatic heterocycles. The van der Waals surface area contributed by atoms with Gasteiger partial charge in [-0.25, -0.2) is 0 Å². The lowest BCUT2D eigenvalue weighted by Gasteiger charge is -2.35. The first kappa shape index (κ1) is 25.4. The quantitative estimate of drug-likeness (QED) is 0.533. The van der Waals surface area contributed by atoms with E-state index in [4.69, 9.17) is 14.2 Å². The van der Waals surface area contributed by atoms with Gasteiger partial charge in [0.25, 0.3) is 5.91 Å². The Morgan fingerprint density at radius 1 is 0.912 bits per heavy atom. The van der Waals surface area contributed by atoms with Crippen molar-refractivity contribution in [1.82, 2.24) is 14.7 Å². The molecule has 1 aliphatic rings. The van der Waals surface area contributed by atoms with E-state index in [9.17, 15) is 9.59 Å². The van der Waals surface area contributed by atoms with Crippen molar-refractivity contribution >= 4 is 11.8 Å². The summed E-state index contributed by atoms with van der Waals surface area (Å²) >= 11 is 0. The largest absolute Gasteiger partial charge is 0.493 e. The summed E-state index contributed by atoms with van der Waals surface area (Å²) < 4.78 is 17.1. The normalized spacial score (nSPS) is 13.9. The van der Waals surface area contributed by atoms with Crippen molar-refractivity contribution in [3.8, 4) is 17.2 Å². The second kappa shape index (κ2) is 12.3. The number of rotatable bonds is 10. The van der Waals surface area contributed by atoms with E-state index in [2.05, 4.69) is 4.90 Å². The van der Waals surface area contributed by atoms with Gasteiger partial charge in [0.1, 0.15) is 6.61 Å². The smallest absolute Gasteiger partial charge is 0.254 e. The van der Waals surface area contributed by atoms with E-state index in [1.807, 2.05) is 49.1 Å². The topological polar surface area (TPSA) is 71.6 Å². The number of nitrogens with zero attached hydrogens (tertiary/aromatic N) is 3. The Kier molecular flexibility index (Phi) is 9.16. The summed E-state index contributed by atoms with van der Waals surface area (Å²) in [6.07, 6.45) is 0. The number of methoxy groups -OCH3 is 2. The van der Waals surface area contributed by atoms with E-state index >= 15 is 0 Å². The molecule has 1 heterocycles. The van der Waals surface area contributed by atoms with Gasteiger partial charge in [0.15, 0.2) is 11.5 Å². The molecule has 34 heavy (non-hydrogen) atoms. The molecule has 0 aliphatic carbocycles. The molecule has 0 bridgehead atoms. The van der Waals surface area contributed by atoms with Crippen molar-refractivity contribution in [2.75, 3.05) is 60.0 Å². The second-order valence-electron chi connectivity index (χ2n) is 8.12. The van der Waals surface area contributed by atoms with Crippen molar-refractivity contribution in [3.05, 3.63) is 53.6 Å². The molecule has 0 radical (unpaired) electrons. The molecule has 0 N–H and O–H groups in total. The monoisotopic (exact) mass is 469 g/mol. The van der Waals surface area contributed by atoms with Crippen LogP contribution in [-0.2, 0) is 11.4 Å². The van der Waals surface area contributed by atoms with Gasteiger partial charge < -0.3 is 24.0 Å². The number of hydrogen-bond donors (Lipinski definition) is 0. The van der Waals surface area contributed by atoms with Crippen molar-refractivity contribution in [2.45, 2.75) is 20.5 Å². The maximum absolute atomic E-state index is 13.2. The Balaban J connectivity index is 1.66. The Bertz CT molecular complexity index is 929. The van der Waals surface area contributed by atoms with Crippen molar-refractivity contribution in [2.24, 2.45) is 0 Å². The van der Waals surface area contributed by atoms with E-state index in [-0.39, 0.29) is 11.8 Å². The van der Waals surface area contributed by atoms with Gasteiger partial charge >= 0.3 is 0 Å². The summed E-state index contributed by atoms with van der Waals surface area (Å²) in [4.78, 5) is 31.4. The molecule has 2 aromatic rings. The molecule has 3 rings (SSSR count). The van der Waals surface area contributed by atoms with Crippen LogP contribution >= 0.6 is 0 Å². The van der Waals surface area contributed by atoms with Gasteiger partial charge in [-0.2, -0.15) is 0 Å². The van der Waals surface area contributed by atoms with E-state index in [0.717, 1.165) is 5.56 Å². The fourth-order valence-electron chi connectivity index (χ4n) is 4.03. The van der Waals surface area contributed by atoms with Crippen LogP contribution in [0.25, 0.3) is 0 Å². The summed E-state index contributed by atoms with van der Waals surface area (Å²) in [7, 11) is 3.09. The van der Waals surface area contributed by atoms with Gasteiger partial charge in [0.2, 0.25) is 11.7 Å². The summed E-state index contributed by atoms with van der Waals surface area (Å²) in [5, 5.41) is 0. The van der Waals surface area contributed by atoms with Crippen LogP contribution in [0.15, 0.2) is 42.5 Å². The number of likely N-dealkylation sites (N-methyl/N-ethyl adjacent to an activating group) is 1. The average Bonchev–Trinajstić information content (AvgIpc) is 2.88. The van der Waals surface area contributed by atoms with Gasteiger partial charge in [0, 0.05) is 44.8 Å². The van der Waals surface area contributed by atoms with Crippen LogP contribution in [-0.4, -0.2) is 86.5 Å². The molecular weight excluding hydrogens is 434 g/mol. The molecule has 184 valence electrons. The molecule has 2 amide bonds. The molecule has 2 aromatic carbocycles. The third-order valence-corrected chi connectivity index (χ3v) is 6.07. The van der Waals surface area contributed by atoms with E-state index in [1.165, 1.54) is 0 Å². The maximum atomic E-state index is 13.2. The highest BCUT2D eigenvalue weighted by Crippen LogP contribution is 2.39. The molecule has 8 nitrogen and oxygen atoms in total. The first-order chi connectivity index (χ1) is 16.5. The van der Waals surface area contributed by atoms with E-state index < -0.39 is 0 Å². The minimum Gasteiger partial charge on any atom is -0.493 e. The maximum Gasteiger partial charge on any atom is 0.254 e. The number of carbonyl (C=O) groups excluding carboxylic acids is 2. The Morgan fingerprint density at radius 2 is 1.50 bits per heavy atom. The number of ether oxygens (including phenoxy) is 3. The lowest BCUT2D eigenvalue weighted by atomic mass is 10.1. The van der Waals surface area contributed by atoms with E-state index in [1.54, 1.807) is 31.3 Å². The second-order valence-corrected chi connectivity index (χ2v) is 8.12. The van der Waals surface area contributed by atoms with Gasteiger partial charge in [-0.3, -0.25) is 14.5 Å². The predicted molar refractivity (Wildman–Crippen MR) is 131 cm³/mol. The third kappa shape index (κ3) is 6.20. The minimum atomic E-state index is -0.0964. The minimum absolute atomic E-state index is 0.0964. The summed E-state index contributed by atoms with van der Waals surface area (Å²) in [6.45, 7) is 8.56. The summed E-state index contributed by atoms with van der Waals surface area (Å²) in [5.74, 6) is 1.39. The van der Waals surface area contributed by atoms with Gasteiger partial charge in [-0.05, 0) is 31.5 Å². The van der Waals surface area contributed by atoms with Gasteiger partial charge in [-0.1, -0.05) is 30.3 Å². The number of benzene rings is 2. The molecule has 1 fully saturated rings. The first-order valence-electron chi connectivity index (χ1n) is 11.7. The van der Waals surface area contributed by atoms with Gasteiger partial charge in [-0.15, -0.1) is 0 Å². The highest BCUT2D eigenvalue weighted by molar-refractivity contribution is 5.95. The highest BCUT2D eigenvalue weighted by Gasteiger charge is 2.26. The van der Waals surface area contributed by atoms with Crippen LogP contribution in [0.1, 0.15) is 29.8 Å². The Hall–Kier alpha value is -3.26.